The van der Waals surface area contributed by atoms with Crippen LogP contribution in [0.1, 0.15) is 46.4 Å². The molecule has 3 heterocycles. The molecule has 0 spiro atoms. The zero-order valence-electron chi connectivity index (χ0n) is 20.0. The number of hydrogen-bond donors (Lipinski definition) is 2. The normalized spacial score (nSPS) is 19.9. The first-order chi connectivity index (χ1) is 17.5. The molecule has 10 heteroatoms. The minimum atomic E-state index is -1.02. The van der Waals surface area contributed by atoms with Crippen LogP contribution in [-0.4, -0.2) is 72.8 Å². The maximum absolute atomic E-state index is 13.3. The topological polar surface area (TPSA) is 117 Å². The summed E-state index contributed by atoms with van der Waals surface area (Å²) in [7, 11) is 1.54. The Morgan fingerprint density at radius 1 is 1.03 bits per heavy atom. The van der Waals surface area contributed by atoms with Gasteiger partial charge in [-0.1, -0.05) is 6.07 Å². The molecule has 1 atom stereocenters. The molecule has 0 saturated carbocycles. The first kappa shape index (κ1) is 23.8. The van der Waals surface area contributed by atoms with E-state index in [0.29, 0.717) is 29.5 Å². The number of methoxy groups -OCH3 is 1. The van der Waals surface area contributed by atoms with Gasteiger partial charge < -0.3 is 14.8 Å². The molecule has 2 saturated heterocycles. The summed E-state index contributed by atoms with van der Waals surface area (Å²) in [5, 5.41) is 5.41. The van der Waals surface area contributed by atoms with Crippen molar-refractivity contribution < 1.29 is 28.7 Å². The Balaban J connectivity index is 1.34. The van der Waals surface area contributed by atoms with Crippen molar-refractivity contribution in [2.45, 2.75) is 31.7 Å². The van der Waals surface area contributed by atoms with E-state index < -0.39 is 29.7 Å². The van der Waals surface area contributed by atoms with Crippen LogP contribution in [0.25, 0.3) is 0 Å². The molecule has 0 bridgehead atoms. The van der Waals surface area contributed by atoms with E-state index in [-0.39, 0.29) is 24.0 Å². The van der Waals surface area contributed by atoms with Gasteiger partial charge in [-0.2, -0.15) is 0 Å². The summed E-state index contributed by atoms with van der Waals surface area (Å²) in [6.45, 7) is 3.67. The highest BCUT2D eigenvalue weighted by molar-refractivity contribution is 6.25. The maximum Gasteiger partial charge on any atom is 0.264 e. The highest BCUT2D eigenvalue weighted by Crippen LogP contribution is 2.37. The van der Waals surface area contributed by atoms with Crippen molar-refractivity contribution in [2.24, 2.45) is 0 Å². The van der Waals surface area contributed by atoms with E-state index in [4.69, 9.17) is 9.47 Å². The van der Waals surface area contributed by atoms with Gasteiger partial charge in [0, 0.05) is 19.0 Å². The smallest absolute Gasteiger partial charge is 0.264 e. The lowest BCUT2D eigenvalue weighted by atomic mass is 10.0. The maximum atomic E-state index is 13.3. The van der Waals surface area contributed by atoms with Crippen molar-refractivity contribution in [3.8, 4) is 11.5 Å². The fourth-order valence-corrected chi connectivity index (χ4v) is 4.93. The minimum Gasteiger partial charge on any atom is -0.494 e. The summed E-state index contributed by atoms with van der Waals surface area (Å²) in [4.78, 5) is 53.6. The number of benzene rings is 2. The molecule has 0 aromatic heterocycles. The molecule has 3 aliphatic rings. The zero-order chi connectivity index (χ0) is 25.2. The first-order valence-corrected chi connectivity index (χ1v) is 12.1. The van der Waals surface area contributed by atoms with Gasteiger partial charge >= 0.3 is 0 Å². The molecular formula is C26H28N4O6. The molecule has 2 fully saturated rings. The SMILES string of the molecule is COc1cc(OCCN2CCCC2)ccc1Nc1cccc2c1C(=O)N(C1CCC(=O)NC1=O)C2=O. The van der Waals surface area contributed by atoms with Crippen molar-refractivity contribution in [2.75, 3.05) is 38.7 Å². The van der Waals surface area contributed by atoms with Crippen LogP contribution >= 0.6 is 0 Å². The molecule has 188 valence electrons. The summed E-state index contributed by atoms with van der Waals surface area (Å²) in [5.74, 6) is -0.992. The molecule has 2 aromatic rings. The standard InChI is InChI=1S/C26H28N4O6/c1-35-21-15-16(36-14-13-29-11-2-3-12-29)7-8-18(21)27-19-6-4-5-17-23(19)26(34)30(25(17)33)20-9-10-22(31)28-24(20)32/h4-8,15,20,27H,2-3,9-14H2,1H3,(H,28,31,32). The number of fused-ring (bicyclic) bond motifs is 1. The second kappa shape index (κ2) is 9.98. The van der Waals surface area contributed by atoms with Crippen LogP contribution in [-0.2, 0) is 9.59 Å². The van der Waals surface area contributed by atoms with Crippen molar-refractivity contribution >= 4 is 35.0 Å². The third kappa shape index (κ3) is 4.51. The van der Waals surface area contributed by atoms with Crippen molar-refractivity contribution in [1.29, 1.82) is 0 Å². The number of amides is 4. The number of ether oxygens (including phenoxy) is 2. The van der Waals surface area contributed by atoms with Gasteiger partial charge in [0.25, 0.3) is 11.8 Å². The molecular weight excluding hydrogens is 464 g/mol. The molecule has 2 aromatic carbocycles. The molecule has 2 N–H and O–H groups in total. The average molecular weight is 493 g/mol. The van der Waals surface area contributed by atoms with E-state index in [1.54, 1.807) is 37.4 Å². The van der Waals surface area contributed by atoms with Gasteiger partial charge in [0.15, 0.2) is 0 Å². The number of anilines is 2. The molecule has 5 rings (SSSR count). The Bertz CT molecular complexity index is 1220. The fourth-order valence-electron chi connectivity index (χ4n) is 4.93. The monoisotopic (exact) mass is 492 g/mol. The number of rotatable bonds is 8. The molecule has 1 unspecified atom stereocenters. The summed E-state index contributed by atoms with van der Waals surface area (Å²) in [6, 6.07) is 9.29. The van der Waals surface area contributed by atoms with Gasteiger partial charge in [0.05, 0.1) is 29.6 Å². The number of piperidine rings is 1. The summed E-state index contributed by atoms with van der Waals surface area (Å²) in [6.07, 6.45) is 2.64. The number of likely N-dealkylation sites (tertiary alicyclic amines) is 1. The van der Waals surface area contributed by atoms with Gasteiger partial charge in [-0.25, -0.2) is 0 Å². The predicted molar refractivity (Wildman–Crippen MR) is 131 cm³/mol. The van der Waals surface area contributed by atoms with Crippen molar-refractivity contribution in [3.63, 3.8) is 0 Å². The van der Waals surface area contributed by atoms with Crippen molar-refractivity contribution in [1.82, 2.24) is 15.1 Å². The third-order valence-corrected chi connectivity index (χ3v) is 6.79. The lowest BCUT2D eigenvalue weighted by Gasteiger charge is -2.27. The zero-order valence-corrected chi connectivity index (χ0v) is 20.0. The lowest BCUT2D eigenvalue weighted by molar-refractivity contribution is -0.136. The lowest BCUT2D eigenvalue weighted by Crippen LogP contribution is -2.54. The third-order valence-electron chi connectivity index (χ3n) is 6.79. The molecule has 36 heavy (non-hydrogen) atoms. The number of nitrogens with zero attached hydrogens (tertiary/aromatic N) is 2. The van der Waals surface area contributed by atoms with Crippen molar-refractivity contribution in [3.05, 3.63) is 47.5 Å². The summed E-state index contributed by atoms with van der Waals surface area (Å²) in [5.41, 5.74) is 1.40. The predicted octanol–water partition coefficient (Wildman–Crippen LogP) is 2.31. The molecule has 10 nitrogen and oxygen atoms in total. The second-order valence-corrected chi connectivity index (χ2v) is 9.06. The largest absolute Gasteiger partial charge is 0.494 e. The van der Waals surface area contributed by atoms with E-state index in [1.807, 2.05) is 6.07 Å². The minimum absolute atomic E-state index is 0.0680. The van der Waals surface area contributed by atoms with Gasteiger partial charge in [-0.15, -0.1) is 0 Å². The fraction of sp³-hybridized carbons (Fsp3) is 0.385. The van der Waals surface area contributed by atoms with Crippen LogP contribution in [0.2, 0.25) is 0 Å². The number of carbonyl (C=O) groups is 4. The quantitative estimate of drug-likeness (QED) is 0.539. The van der Waals surface area contributed by atoms with Gasteiger partial charge in [-0.05, 0) is 56.6 Å². The highest BCUT2D eigenvalue weighted by Gasteiger charge is 2.45. The van der Waals surface area contributed by atoms with Crippen LogP contribution in [0, 0.1) is 0 Å². The van der Waals surface area contributed by atoms with E-state index >= 15 is 0 Å². The number of carbonyl (C=O) groups excluding carboxylic acids is 4. The first-order valence-electron chi connectivity index (χ1n) is 12.1. The number of hydrogen-bond acceptors (Lipinski definition) is 8. The van der Waals surface area contributed by atoms with Crippen LogP contribution < -0.4 is 20.1 Å². The second-order valence-electron chi connectivity index (χ2n) is 9.06. The van der Waals surface area contributed by atoms with Crippen LogP contribution in [0.5, 0.6) is 11.5 Å². The van der Waals surface area contributed by atoms with Gasteiger partial charge in [0.2, 0.25) is 11.8 Å². The van der Waals surface area contributed by atoms with E-state index in [1.165, 1.54) is 12.8 Å². The van der Waals surface area contributed by atoms with Gasteiger partial charge in [0.1, 0.15) is 24.1 Å². The Labute approximate surface area is 208 Å². The Hall–Kier alpha value is -3.92. The average Bonchev–Trinajstić information content (AvgIpc) is 3.47. The molecule has 4 amide bonds. The Morgan fingerprint density at radius 3 is 2.58 bits per heavy atom. The van der Waals surface area contributed by atoms with Crippen LogP contribution in [0.15, 0.2) is 36.4 Å². The summed E-state index contributed by atoms with van der Waals surface area (Å²) < 4.78 is 11.4. The molecule has 0 aliphatic carbocycles. The Kier molecular flexibility index (Phi) is 6.60. The Morgan fingerprint density at radius 2 is 1.83 bits per heavy atom. The van der Waals surface area contributed by atoms with Gasteiger partial charge in [-0.3, -0.25) is 34.3 Å². The highest BCUT2D eigenvalue weighted by atomic mass is 16.5. The van der Waals surface area contributed by atoms with Crippen LogP contribution in [0.4, 0.5) is 11.4 Å². The number of imide groups is 2. The van der Waals surface area contributed by atoms with E-state index in [9.17, 15) is 19.2 Å². The summed E-state index contributed by atoms with van der Waals surface area (Å²) >= 11 is 0. The number of nitrogens with one attached hydrogen (secondary N) is 2. The van der Waals surface area contributed by atoms with E-state index in [0.717, 1.165) is 24.5 Å². The van der Waals surface area contributed by atoms with E-state index in [2.05, 4.69) is 15.5 Å². The molecule has 0 radical (unpaired) electrons. The van der Waals surface area contributed by atoms with Crippen LogP contribution in [0.3, 0.4) is 0 Å². The molecule has 3 aliphatic heterocycles.